The molecule has 0 saturated carbocycles. The van der Waals surface area contributed by atoms with Crippen molar-refractivity contribution in [3.8, 4) is 33.9 Å². The summed E-state index contributed by atoms with van der Waals surface area (Å²) in [5.41, 5.74) is -2.11. The molecule has 3 N–H and O–H groups in total. The summed E-state index contributed by atoms with van der Waals surface area (Å²) in [7, 11) is -8.36. The van der Waals surface area contributed by atoms with E-state index < -0.39 is 84.1 Å². The van der Waals surface area contributed by atoms with E-state index in [0.29, 0.717) is 5.69 Å². The maximum atomic E-state index is 13.6. The van der Waals surface area contributed by atoms with Gasteiger partial charge in [-0.05, 0) is 105 Å². The maximum Gasteiger partial charge on any atom is 0.435 e. The number of aliphatic carboxylic acids is 1. The molecular formula is C48H36Cl2F8N10O8S2. The van der Waals surface area contributed by atoms with Crippen molar-refractivity contribution < 1.29 is 71.4 Å². The fourth-order valence-electron chi connectivity index (χ4n) is 6.78. The number of carboxylic acids is 1. The van der Waals surface area contributed by atoms with Crippen molar-refractivity contribution in [1.82, 2.24) is 39.5 Å². The van der Waals surface area contributed by atoms with Crippen molar-refractivity contribution in [3.63, 3.8) is 0 Å². The third kappa shape index (κ3) is 14.5. The van der Waals surface area contributed by atoms with Gasteiger partial charge in [-0.1, -0.05) is 47.5 Å². The first-order chi connectivity index (χ1) is 36.3. The van der Waals surface area contributed by atoms with Crippen molar-refractivity contribution in [3.05, 3.63) is 155 Å². The number of hydrogen-bond donors (Lipinski definition) is 3. The van der Waals surface area contributed by atoms with E-state index in [1.165, 1.54) is 79.1 Å². The van der Waals surface area contributed by atoms with Gasteiger partial charge in [-0.25, -0.2) is 44.9 Å². The van der Waals surface area contributed by atoms with E-state index in [1.807, 2.05) is 0 Å². The van der Waals surface area contributed by atoms with Crippen LogP contribution in [-0.4, -0.2) is 90.5 Å². The Morgan fingerprint density at radius 3 is 1.38 bits per heavy atom. The van der Waals surface area contributed by atoms with Gasteiger partial charge in [0.05, 0.1) is 19.8 Å². The zero-order valence-corrected chi connectivity index (χ0v) is 43.1. The predicted octanol–water partition coefficient (Wildman–Crippen LogP) is 10.7. The number of aromatic nitrogens is 8. The van der Waals surface area contributed by atoms with Gasteiger partial charge >= 0.3 is 24.3 Å². The standard InChI is InChI=1S/C26H22ClF4N5O4S.C22H14ClF4N5O4S/c1-25(2,3)40-22(37)14-41(38,39)17-6-4-5-15(11-17)18-13-32-24(33-16-7-8-20(28)19(27)12-16)34-23(18)36-10-9-21(35-36)26(29,30)31;23-16-9-13(4-5-17(16)24)29-21-28-10-15(20(30-21)32-7-6-18(31-32)22(25,26)27)12-2-1-3-14(8-12)37(35,36)11-19(33)34/h4-13H,14H2,1-3H3,(H,32,33,34);1-10H,11H2,(H,33,34)(H,28,29,30). The molecule has 0 aliphatic carbocycles. The van der Waals surface area contributed by atoms with Gasteiger partial charge < -0.3 is 20.5 Å². The summed E-state index contributed by atoms with van der Waals surface area (Å²) in [4.78, 5) is 39.4. The smallest absolute Gasteiger partial charge is 0.435 e. The largest absolute Gasteiger partial charge is 0.480 e. The second-order valence-corrected chi connectivity index (χ2v) is 22.0. The van der Waals surface area contributed by atoms with Gasteiger partial charge in [-0.15, -0.1) is 0 Å². The second-order valence-electron chi connectivity index (χ2n) is 17.2. The Morgan fingerprint density at radius 2 is 1.03 bits per heavy atom. The fourth-order valence-corrected chi connectivity index (χ4v) is 9.36. The molecule has 8 rings (SSSR count). The number of carbonyl (C=O) groups is 2. The quantitative estimate of drug-likeness (QED) is 0.0677. The van der Waals surface area contributed by atoms with Crippen LogP contribution in [0.2, 0.25) is 10.0 Å². The van der Waals surface area contributed by atoms with Crippen LogP contribution >= 0.6 is 23.2 Å². The number of sulfone groups is 2. The molecule has 30 heteroatoms. The minimum absolute atomic E-state index is 0.0897. The van der Waals surface area contributed by atoms with E-state index in [4.69, 9.17) is 33.0 Å². The Hall–Kier alpha value is -8.08. The van der Waals surface area contributed by atoms with Gasteiger partial charge in [0.2, 0.25) is 11.9 Å². The molecule has 0 radical (unpaired) electrons. The average molecular weight is 1170 g/mol. The lowest BCUT2D eigenvalue weighted by Gasteiger charge is -2.19. The highest BCUT2D eigenvalue weighted by atomic mass is 35.5. The summed E-state index contributed by atoms with van der Waals surface area (Å²) in [6.45, 7) is 4.80. The Balaban J connectivity index is 0.000000227. The van der Waals surface area contributed by atoms with Crippen molar-refractivity contribution in [1.29, 1.82) is 0 Å². The number of alkyl halides is 6. The van der Waals surface area contributed by atoms with Crippen molar-refractivity contribution in [2.45, 2.75) is 48.5 Å². The molecule has 0 saturated heterocycles. The minimum atomic E-state index is -4.74. The molecule has 0 spiro atoms. The molecule has 0 unspecified atom stereocenters. The third-order valence-electron chi connectivity index (χ3n) is 10.1. The molecule has 8 aromatic rings. The van der Waals surface area contributed by atoms with Crippen LogP contribution in [0.25, 0.3) is 33.9 Å². The molecule has 4 aromatic carbocycles. The predicted molar refractivity (Wildman–Crippen MR) is 266 cm³/mol. The zero-order valence-electron chi connectivity index (χ0n) is 39.9. The number of ether oxygens (including phenoxy) is 1. The first-order valence-corrected chi connectivity index (χ1v) is 26.0. The normalized spacial score (nSPS) is 12.1. The molecule has 0 bridgehead atoms. The fraction of sp³-hybridized carbons (Fsp3) is 0.167. The number of hydrogen-bond acceptors (Lipinski definition) is 15. The van der Waals surface area contributed by atoms with Gasteiger partial charge in [0, 0.05) is 47.3 Å². The molecule has 0 aliphatic heterocycles. The number of esters is 1. The van der Waals surface area contributed by atoms with Gasteiger partial charge in [0.15, 0.2) is 54.2 Å². The van der Waals surface area contributed by atoms with E-state index in [0.717, 1.165) is 52.1 Å². The summed E-state index contributed by atoms with van der Waals surface area (Å²) in [6, 6.07) is 19.4. The van der Waals surface area contributed by atoms with E-state index in [2.05, 4.69) is 40.8 Å². The van der Waals surface area contributed by atoms with Crippen molar-refractivity contribution in [2.24, 2.45) is 0 Å². The van der Waals surface area contributed by atoms with Crippen LogP contribution in [0, 0.1) is 11.6 Å². The van der Waals surface area contributed by atoms with E-state index in [-0.39, 0.29) is 71.3 Å². The second kappa shape index (κ2) is 22.5. The third-order valence-corrected chi connectivity index (χ3v) is 13.9. The molecular weight excluding hydrogens is 1130 g/mol. The van der Waals surface area contributed by atoms with Gasteiger partial charge in [-0.2, -0.15) is 46.5 Å². The lowest BCUT2D eigenvalue weighted by atomic mass is 10.1. The topological polar surface area (TPSA) is 243 Å². The minimum Gasteiger partial charge on any atom is -0.480 e. The van der Waals surface area contributed by atoms with Gasteiger partial charge in [0.1, 0.15) is 17.2 Å². The monoisotopic (exact) mass is 1170 g/mol. The Kier molecular flexibility index (Phi) is 16.6. The number of nitrogens with one attached hydrogen (secondary N) is 2. The lowest BCUT2D eigenvalue weighted by molar-refractivity contribution is -0.151. The number of halogens is 10. The van der Waals surface area contributed by atoms with Crippen molar-refractivity contribution >= 4 is 78.1 Å². The molecule has 0 fully saturated rings. The van der Waals surface area contributed by atoms with Crippen LogP contribution in [0.3, 0.4) is 0 Å². The number of nitrogens with zero attached hydrogens (tertiary/aromatic N) is 8. The molecule has 4 heterocycles. The van der Waals surface area contributed by atoms with Crippen molar-refractivity contribution in [2.75, 3.05) is 22.1 Å². The first kappa shape index (κ1) is 57.6. The van der Waals surface area contributed by atoms with Crippen LogP contribution in [0.15, 0.2) is 132 Å². The summed E-state index contributed by atoms with van der Waals surface area (Å²) in [5, 5.41) is 21.2. The number of carbonyl (C=O) groups excluding carboxylic acids is 1. The van der Waals surface area contributed by atoms with Crippen LogP contribution in [0.1, 0.15) is 32.2 Å². The van der Waals surface area contributed by atoms with Crippen LogP contribution in [-0.2, 0) is 46.4 Å². The summed E-state index contributed by atoms with van der Waals surface area (Å²) < 4.78 is 164. The maximum absolute atomic E-state index is 13.6. The summed E-state index contributed by atoms with van der Waals surface area (Å²) >= 11 is 11.6. The summed E-state index contributed by atoms with van der Waals surface area (Å²) in [6.07, 6.45) is -4.96. The first-order valence-electron chi connectivity index (χ1n) is 21.9. The highest BCUT2D eigenvalue weighted by Crippen LogP contribution is 2.34. The van der Waals surface area contributed by atoms with Gasteiger partial charge in [0.25, 0.3) is 0 Å². The zero-order chi connectivity index (χ0) is 57.1. The molecule has 408 valence electrons. The van der Waals surface area contributed by atoms with E-state index in [9.17, 15) is 61.5 Å². The number of benzene rings is 4. The highest BCUT2D eigenvalue weighted by Gasteiger charge is 2.35. The highest BCUT2D eigenvalue weighted by molar-refractivity contribution is 7.92. The van der Waals surface area contributed by atoms with Crippen LogP contribution < -0.4 is 10.6 Å². The number of anilines is 4. The van der Waals surface area contributed by atoms with Gasteiger partial charge in [-0.3, -0.25) is 9.59 Å². The average Bonchev–Trinajstić information content (AvgIpc) is 4.12. The Bertz CT molecular complexity index is 3820. The summed E-state index contributed by atoms with van der Waals surface area (Å²) in [5.74, 6) is -6.40. The molecule has 78 heavy (non-hydrogen) atoms. The lowest BCUT2D eigenvalue weighted by Crippen LogP contribution is -2.28. The Morgan fingerprint density at radius 1 is 0.615 bits per heavy atom. The molecule has 0 amide bonds. The van der Waals surface area contributed by atoms with E-state index >= 15 is 0 Å². The SMILES string of the molecule is CC(C)(C)OC(=O)CS(=O)(=O)c1cccc(-c2cnc(Nc3ccc(F)c(Cl)c3)nc2-n2ccc(C(F)(F)F)n2)c1.O=C(O)CS(=O)(=O)c1cccc(-c2cnc(Nc3ccc(F)c(Cl)c3)nc2-n2ccc(C(F)(F)F)n2)c1. The molecule has 0 aliphatic rings. The number of rotatable bonds is 14. The number of carboxylic acid groups (broad SMARTS) is 1. The van der Waals surface area contributed by atoms with Crippen LogP contribution in [0.5, 0.6) is 0 Å². The van der Waals surface area contributed by atoms with Crippen LogP contribution in [0.4, 0.5) is 58.4 Å². The molecule has 18 nitrogen and oxygen atoms in total. The van der Waals surface area contributed by atoms with E-state index in [1.54, 1.807) is 20.8 Å². The molecule has 0 atom stereocenters. The molecule has 4 aromatic heterocycles. The Labute approximate surface area is 446 Å².